The Morgan fingerprint density at radius 1 is 1.37 bits per heavy atom. The summed E-state index contributed by atoms with van der Waals surface area (Å²) in [4.78, 5) is 0.303. The van der Waals surface area contributed by atoms with Gasteiger partial charge in [0.05, 0.1) is 15.6 Å². The Labute approximate surface area is 118 Å². The Morgan fingerprint density at radius 3 is 2.84 bits per heavy atom. The Morgan fingerprint density at radius 2 is 2.16 bits per heavy atom. The number of benzene rings is 1. The zero-order valence-electron chi connectivity index (χ0n) is 10.6. The Bertz CT molecular complexity index is 639. The minimum atomic E-state index is -3.20. The van der Waals surface area contributed by atoms with Crippen LogP contribution in [-0.4, -0.2) is 20.7 Å². The molecule has 0 aromatic heterocycles. The molecule has 1 fully saturated rings. The molecule has 2 aliphatic carbocycles. The first-order valence-electron chi connectivity index (χ1n) is 6.38. The van der Waals surface area contributed by atoms with Crippen molar-refractivity contribution in [1.82, 2.24) is 0 Å². The Kier molecular flexibility index (Phi) is 3.10. The van der Waals surface area contributed by atoms with Crippen LogP contribution < -0.4 is 5.32 Å². The van der Waals surface area contributed by atoms with Gasteiger partial charge in [-0.2, -0.15) is 0 Å². The lowest BCUT2D eigenvalue weighted by Gasteiger charge is -2.41. The van der Waals surface area contributed by atoms with Crippen LogP contribution in [0.1, 0.15) is 12.8 Å². The highest BCUT2D eigenvalue weighted by atomic mass is 35.5. The van der Waals surface area contributed by atoms with E-state index in [-0.39, 0.29) is 0 Å². The molecule has 0 amide bonds. The van der Waals surface area contributed by atoms with Gasteiger partial charge in [0.15, 0.2) is 9.84 Å². The molecule has 0 bridgehead atoms. The summed E-state index contributed by atoms with van der Waals surface area (Å²) in [7, 11) is -3.20. The number of hydrogen-bond donors (Lipinski definition) is 1. The lowest BCUT2D eigenvalue weighted by atomic mass is 9.71. The zero-order chi connectivity index (χ0) is 13.6. The highest BCUT2D eigenvalue weighted by Gasteiger charge is 2.41. The molecule has 0 spiro atoms. The molecule has 0 radical (unpaired) electrons. The molecule has 1 N–H and O–H groups in total. The summed E-state index contributed by atoms with van der Waals surface area (Å²) in [6, 6.07) is 5.18. The second kappa shape index (κ2) is 4.53. The molecule has 3 nitrogen and oxygen atoms in total. The van der Waals surface area contributed by atoms with Crippen molar-refractivity contribution in [2.45, 2.75) is 23.8 Å². The van der Waals surface area contributed by atoms with E-state index in [4.69, 9.17) is 11.6 Å². The maximum Gasteiger partial charge on any atom is 0.175 e. The van der Waals surface area contributed by atoms with Gasteiger partial charge in [0.1, 0.15) is 0 Å². The first kappa shape index (κ1) is 13.0. The largest absolute Gasteiger partial charge is 0.380 e. The van der Waals surface area contributed by atoms with E-state index in [0.29, 0.717) is 27.6 Å². The number of allylic oxidation sites excluding steroid dienone is 1. The van der Waals surface area contributed by atoms with Crippen molar-refractivity contribution >= 4 is 27.1 Å². The van der Waals surface area contributed by atoms with Crippen molar-refractivity contribution < 1.29 is 8.42 Å². The molecule has 0 heterocycles. The van der Waals surface area contributed by atoms with E-state index in [1.165, 1.54) is 12.7 Å². The fourth-order valence-corrected chi connectivity index (χ4v) is 3.75. The van der Waals surface area contributed by atoms with Crippen molar-refractivity contribution in [3.63, 3.8) is 0 Å². The topological polar surface area (TPSA) is 46.2 Å². The third-order valence-corrected chi connectivity index (χ3v) is 5.51. The lowest BCUT2D eigenvalue weighted by Crippen LogP contribution is -2.43. The van der Waals surface area contributed by atoms with E-state index < -0.39 is 9.84 Å². The molecular formula is C14H16ClNO2S. The van der Waals surface area contributed by atoms with Crippen LogP contribution in [-0.2, 0) is 9.84 Å². The smallest absolute Gasteiger partial charge is 0.175 e. The van der Waals surface area contributed by atoms with Gasteiger partial charge in [0.25, 0.3) is 0 Å². The molecule has 2 aliphatic rings. The minimum Gasteiger partial charge on any atom is -0.380 e. The standard InChI is InChI=1S/C14H16ClNO2S/c1-19(17,18)10-5-6-12(15)14(8-10)16-13-7-9-3-2-4-11(9)13/h2,4-6,8-9,11,13,16H,3,7H2,1H3. The van der Waals surface area contributed by atoms with E-state index in [1.807, 2.05) is 0 Å². The molecule has 0 saturated heterocycles. The number of halogens is 1. The van der Waals surface area contributed by atoms with Crippen LogP contribution in [0.4, 0.5) is 5.69 Å². The van der Waals surface area contributed by atoms with Crippen LogP contribution in [0.3, 0.4) is 0 Å². The maximum atomic E-state index is 11.6. The normalized spacial score (nSPS) is 28.8. The van der Waals surface area contributed by atoms with Gasteiger partial charge in [-0.15, -0.1) is 0 Å². The van der Waals surface area contributed by atoms with Gasteiger partial charge >= 0.3 is 0 Å². The summed E-state index contributed by atoms with van der Waals surface area (Å²) in [6.45, 7) is 0. The summed E-state index contributed by atoms with van der Waals surface area (Å²) in [6.07, 6.45) is 7.97. The molecule has 3 atom stereocenters. The van der Waals surface area contributed by atoms with Crippen molar-refractivity contribution in [1.29, 1.82) is 0 Å². The van der Waals surface area contributed by atoms with Crippen LogP contribution >= 0.6 is 11.6 Å². The van der Waals surface area contributed by atoms with E-state index >= 15 is 0 Å². The first-order chi connectivity index (χ1) is 8.95. The molecule has 3 rings (SSSR count). The number of sulfone groups is 1. The lowest BCUT2D eigenvalue weighted by molar-refractivity contribution is 0.218. The van der Waals surface area contributed by atoms with Crippen LogP contribution in [0.5, 0.6) is 0 Å². The van der Waals surface area contributed by atoms with Gasteiger partial charge in [0, 0.05) is 18.2 Å². The Balaban J connectivity index is 1.83. The monoisotopic (exact) mass is 297 g/mol. The van der Waals surface area contributed by atoms with E-state index in [0.717, 1.165) is 12.3 Å². The summed E-state index contributed by atoms with van der Waals surface area (Å²) in [5.41, 5.74) is 0.716. The van der Waals surface area contributed by atoms with E-state index in [1.54, 1.807) is 18.2 Å². The van der Waals surface area contributed by atoms with E-state index in [2.05, 4.69) is 17.5 Å². The van der Waals surface area contributed by atoms with Gasteiger partial charge in [-0.3, -0.25) is 0 Å². The second-order valence-corrected chi connectivity index (χ2v) is 7.82. The molecule has 1 saturated carbocycles. The molecule has 19 heavy (non-hydrogen) atoms. The fraction of sp³-hybridized carbons (Fsp3) is 0.429. The molecule has 0 aliphatic heterocycles. The van der Waals surface area contributed by atoms with Gasteiger partial charge in [-0.1, -0.05) is 23.8 Å². The molecule has 1 aromatic carbocycles. The molecule has 5 heteroatoms. The first-order valence-corrected chi connectivity index (χ1v) is 8.65. The van der Waals surface area contributed by atoms with Gasteiger partial charge < -0.3 is 5.32 Å². The Hall–Kier alpha value is -1.00. The maximum absolute atomic E-state index is 11.6. The van der Waals surface area contributed by atoms with Gasteiger partial charge in [-0.25, -0.2) is 8.42 Å². The van der Waals surface area contributed by atoms with Crippen LogP contribution in [0.25, 0.3) is 0 Å². The summed E-state index contributed by atoms with van der Waals surface area (Å²) < 4.78 is 23.1. The SMILES string of the molecule is CS(=O)(=O)c1ccc(Cl)c(NC2CC3CC=CC32)c1. The minimum absolute atomic E-state index is 0.303. The number of hydrogen-bond acceptors (Lipinski definition) is 3. The number of anilines is 1. The zero-order valence-corrected chi connectivity index (χ0v) is 12.2. The second-order valence-electron chi connectivity index (χ2n) is 5.40. The predicted octanol–water partition coefficient (Wildman–Crippen LogP) is 3.12. The highest BCUT2D eigenvalue weighted by molar-refractivity contribution is 7.90. The molecular weight excluding hydrogens is 282 g/mol. The predicted molar refractivity (Wildman–Crippen MR) is 77.3 cm³/mol. The average Bonchev–Trinajstić information content (AvgIpc) is 2.68. The molecule has 1 aromatic rings. The van der Waals surface area contributed by atoms with Crippen molar-refractivity contribution in [3.8, 4) is 0 Å². The molecule has 3 unspecified atom stereocenters. The quantitative estimate of drug-likeness (QED) is 0.872. The van der Waals surface area contributed by atoms with Crippen LogP contribution in [0.2, 0.25) is 5.02 Å². The summed E-state index contributed by atoms with van der Waals surface area (Å²) in [5.74, 6) is 1.33. The molecule has 102 valence electrons. The number of nitrogens with one attached hydrogen (secondary N) is 1. The summed E-state index contributed by atoms with van der Waals surface area (Å²) >= 11 is 6.14. The van der Waals surface area contributed by atoms with Crippen LogP contribution in [0, 0.1) is 11.8 Å². The highest BCUT2D eigenvalue weighted by Crippen LogP contribution is 2.44. The fourth-order valence-electron chi connectivity index (χ4n) is 2.93. The average molecular weight is 298 g/mol. The number of fused-ring (bicyclic) bond motifs is 1. The van der Waals surface area contributed by atoms with Crippen molar-refractivity contribution in [2.75, 3.05) is 11.6 Å². The van der Waals surface area contributed by atoms with Gasteiger partial charge in [0.2, 0.25) is 0 Å². The van der Waals surface area contributed by atoms with E-state index in [9.17, 15) is 8.42 Å². The summed E-state index contributed by atoms with van der Waals surface area (Å²) in [5, 5.41) is 3.95. The van der Waals surface area contributed by atoms with Crippen molar-refractivity contribution in [2.24, 2.45) is 11.8 Å². The van der Waals surface area contributed by atoms with Crippen LogP contribution in [0.15, 0.2) is 35.2 Å². The third kappa shape index (κ3) is 2.39. The van der Waals surface area contributed by atoms with Crippen molar-refractivity contribution in [3.05, 3.63) is 35.4 Å². The van der Waals surface area contributed by atoms with Gasteiger partial charge in [-0.05, 0) is 37.0 Å². The third-order valence-electron chi connectivity index (χ3n) is 4.07. The number of rotatable bonds is 3.